The summed E-state index contributed by atoms with van der Waals surface area (Å²) in [5.74, 6) is 1.74. The second-order valence-electron chi connectivity index (χ2n) is 6.85. The zero-order chi connectivity index (χ0) is 19.1. The number of nitrogens with zero attached hydrogens (tertiary/aromatic N) is 2. The molecular weight excluding hydrogens is 356 g/mol. The molecule has 1 aliphatic rings. The number of aliphatic imine (C=N–C) groups is 1. The van der Waals surface area contributed by atoms with Crippen LogP contribution in [0.1, 0.15) is 34.2 Å². The summed E-state index contributed by atoms with van der Waals surface area (Å²) in [6.07, 6.45) is 2.55. The highest BCUT2D eigenvalue weighted by molar-refractivity contribution is 7.11. The Kier molecular flexibility index (Phi) is 7.12. The van der Waals surface area contributed by atoms with Crippen LogP contribution < -0.4 is 15.4 Å². The van der Waals surface area contributed by atoms with E-state index < -0.39 is 0 Å². The van der Waals surface area contributed by atoms with Crippen LogP contribution in [0.4, 0.5) is 0 Å². The lowest BCUT2D eigenvalue weighted by Crippen LogP contribution is -2.42. The van der Waals surface area contributed by atoms with Crippen molar-refractivity contribution in [1.29, 1.82) is 0 Å². The monoisotopic (exact) mass is 386 g/mol. The molecule has 1 unspecified atom stereocenters. The molecule has 3 rings (SSSR count). The van der Waals surface area contributed by atoms with E-state index in [4.69, 9.17) is 4.74 Å². The van der Waals surface area contributed by atoms with Gasteiger partial charge in [-0.3, -0.25) is 9.89 Å². The van der Waals surface area contributed by atoms with Gasteiger partial charge in [-0.15, -0.1) is 11.3 Å². The van der Waals surface area contributed by atoms with E-state index in [-0.39, 0.29) is 0 Å². The number of rotatable bonds is 7. The fraction of sp³-hybridized carbons (Fsp3) is 0.476. The maximum atomic E-state index is 5.31. The van der Waals surface area contributed by atoms with Gasteiger partial charge in [0.15, 0.2) is 5.96 Å². The average Bonchev–Trinajstić information content (AvgIpc) is 3.37. The summed E-state index contributed by atoms with van der Waals surface area (Å²) in [4.78, 5) is 9.61. The topological polar surface area (TPSA) is 48.9 Å². The van der Waals surface area contributed by atoms with Crippen molar-refractivity contribution in [1.82, 2.24) is 15.5 Å². The SMILES string of the molecule is CN=C(NCc1ccc(C)s1)NCC(c1ccc(OC)cc1)N1CCCC1. The molecule has 5 nitrogen and oxygen atoms in total. The van der Waals surface area contributed by atoms with E-state index in [1.807, 2.05) is 30.5 Å². The summed E-state index contributed by atoms with van der Waals surface area (Å²) in [5.41, 5.74) is 1.31. The molecule has 0 saturated carbocycles. The van der Waals surface area contributed by atoms with Gasteiger partial charge in [0.2, 0.25) is 0 Å². The van der Waals surface area contributed by atoms with Crippen LogP contribution in [0.25, 0.3) is 0 Å². The lowest BCUT2D eigenvalue weighted by atomic mass is 10.1. The van der Waals surface area contributed by atoms with Gasteiger partial charge < -0.3 is 15.4 Å². The van der Waals surface area contributed by atoms with E-state index in [1.54, 1.807) is 7.11 Å². The fourth-order valence-corrected chi connectivity index (χ4v) is 4.33. The van der Waals surface area contributed by atoms with Crippen LogP contribution in [-0.4, -0.2) is 44.7 Å². The van der Waals surface area contributed by atoms with Crippen LogP contribution in [0, 0.1) is 6.92 Å². The summed E-state index contributed by atoms with van der Waals surface area (Å²) in [5, 5.41) is 6.95. The predicted octanol–water partition coefficient (Wildman–Crippen LogP) is 3.57. The van der Waals surface area contributed by atoms with E-state index in [2.05, 4.69) is 51.7 Å². The molecule has 0 amide bonds. The van der Waals surface area contributed by atoms with E-state index in [0.717, 1.165) is 37.9 Å². The molecule has 6 heteroatoms. The Hall–Kier alpha value is -2.05. The highest BCUT2D eigenvalue weighted by atomic mass is 32.1. The third-order valence-corrected chi connectivity index (χ3v) is 6.00. The first kappa shape index (κ1) is 19.7. The number of benzene rings is 1. The Labute approximate surface area is 166 Å². The normalized spacial score (nSPS) is 16.3. The number of guanidine groups is 1. The molecule has 1 aromatic heterocycles. The highest BCUT2D eigenvalue weighted by Crippen LogP contribution is 2.26. The smallest absolute Gasteiger partial charge is 0.191 e. The second kappa shape index (κ2) is 9.76. The third kappa shape index (κ3) is 5.47. The Morgan fingerprint density at radius 2 is 1.89 bits per heavy atom. The van der Waals surface area contributed by atoms with Crippen LogP contribution in [-0.2, 0) is 6.54 Å². The lowest BCUT2D eigenvalue weighted by molar-refractivity contribution is 0.245. The van der Waals surface area contributed by atoms with Crippen molar-refractivity contribution in [3.05, 3.63) is 51.7 Å². The van der Waals surface area contributed by atoms with Crippen molar-refractivity contribution in [3.8, 4) is 5.75 Å². The summed E-state index contributed by atoms with van der Waals surface area (Å²) in [6, 6.07) is 13.1. The van der Waals surface area contributed by atoms with Crippen molar-refractivity contribution >= 4 is 17.3 Å². The van der Waals surface area contributed by atoms with Gasteiger partial charge in [-0.05, 0) is 62.7 Å². The quantitative estimate of drug-likeness (QED) is 0.564. The number of hydrogen-bond donors (Lipinski definition) is 2. The second-order valence-corrected chi connectivity index (χ2v) is 8.22. The van der Waals surface area contributed by atoms with Gasteiger partial charge in [-0.2, -0.15) is 0 Å². The van der Waals surface area contributed by atoms with Gasteiger partial charge in [0.1, 0.15) is 5.75 Å². The Morgan fingerprint density at radius 1 is 1.15 bits per heavy atom. The number of likely N-dealkylation sites (tertiary alicyclic amines) is 1. The minimum absolute atomic E-state index is 0.334. The highest BCUT2D eigenvalue weighted by Gasteiger charge is 2.23. The van der Waals surface area contributed by atoms with Crippen molar-refractivity contribution in [3.63, 3.8) is 0 Å². The first-order valence-corrected chi connectivity index (χ1v) is 10.4. The van der Waals surface area contributed by atoms with Crippen molar-refractivity contribution in [2.45, 2.75) is 32.4 Å². The molecule has 27 heavy (non-hydrogen) atoms. The minimum atomic E-state index is 0.334. The number of methoxy groups -OCH3 is 1. The fourth-order valence-electron chi connectivity index (χ4n) is 3.50. The van der Waals surface area contributed by atoms with Gasteiger partial charge in [0.05, 0.1) is 19.7 Å². The van der Waals surface area contributed by atoms with Crippen LogP contribution >= 0.6 is 11.3 Å². The maximum Gasteiger partial charge on any atom is 0.191 e. The van der Waals surface area contributed by atoms with Gasteiger partial charge in [-0.25, -0.2) is 0 Å². The molecule has 146 valence electrons. The number of nitrogens with one attached hydrogen (secondary N) is 2. The zero-order valence-corrected chi connectivity index (χ0v) is 17.3. The summed E-state index contributed by atoms with van der Waals surface area (Å²) < 4.78 is 5.31. The predicted molar refractivity (Wildman–Crippen MR) is 114 cm³/mol. The summed E-state index contributed by atoms with van der Waals surface area (Å²) in [7, 11) is 3.53. The minimum Gasteiger partial charge on any atom is -0.497 e. The van der Waals surface area contributed by atoms with Gasteiger partial charge >= 0.3 is 0 Å². The molecule has 1 fully saturated rings. The van der Waals surface area contributed by atoms with E-state index in [1.165, 1.54) is 28.2 Å². The molecule has 1 aliphatic heterocycles. The summed E-state index contributed by atoms with van der Waals surface area (Å²) >= 11 is 1.82. The standard InChI is InChI=1S/C21H30N4OS/c1-16-6-11-19(27-16)14-23-21(22-2)24-15-20(25-12-4-5-13-25)17-7-9-18(26-3)10-8-17/h6-11,20H,4-5,12-15H2,1-3H3,(H2,22,23,24). The molecule has 1 aromatic carbocycles. The lowest BCUT2D eigenvalue weighted by Gasteiger charge is -2.29. The van der Waals surface area contributed by atoms with Gasteiger partial charge in [0.25, 0.3) is 0 Å². The molecule has 2 aromatic rings. The molecule has 0 bridgehead atoms. The number of aryl methyl sites for hydroxylation is 1. The van der Waals surface area contributed by atoms with Crippen LogP contribution in [0.5, 0.6) is 5.75 Å². The Bertz CT molecular complexity index is 735. The molecule has 1 atom stereocenters. The molecule has 0 radical (unpaired) electrons. The largest absolute Gasteiger partial charge is 0.497 e. The first-order valence-electron chi connectivity index (χ1n) is 9.57. The third-order valence-electron chi connectivity index (χ3n) is 4.99. The molecule has 1 saturated heterocycles. The number of thiophene rings is 1. The molecule has 2 heterocycles. The van der Waals surface area contributed by atoms with E-state index >= 15 is 0 Å². The first-order chi connectivity index (χ1) is 13.2. The van der Waals surface area contributed by atoms with Crippen LogP contribution in [0.15, 0.2) is 41.4 Å². The molecular formula is C21H30N4OS. The summed E-state index contributed by atoms with van der Waals surface area (Å²) in [6.45, 7) is 6.07. The molecule has 0 spiro atoms. The van der Waals surface area contributed by atoms with E-state index in [0.29, 0.717) is 6.04 Å². The van der Waals surface area contributed by atoms with Crippen LogP contribution in [0.2, 0.25) is 0 Å². The molecule has 2 N–H and O–H groups in total. The Morgan fingerprint density at radius 3 is 2.48 bits per heavy atom. The number of ether oxygens (including phenoxy) is 1. The zero-order valence-electron chi connectivity index (χ0n) is 16.5. The van der Waals surface area contributed by atoms with Crippen molar-refractivity contribution in [2.75, 3.05) is 33.8 Å². The molecule has 0 aliphatic carbocycles. The van der Waals surface area contributed by atoms with Crippen LogP contribution in [0.3, 0.4) is 0 Å². The van der Waals surface area contributed by atoms with Crippen molar-refractivity contribution in [2.24, 2.45) is 4.99 Å². The average molecular weight is 387 g/mol. The van der Waals surface area contributed by atoms with Gasteiger partial charge in [0, 0.05) is 23.3 Å². The maximum absolute atomic E-state index is 5.31. The van der Waals surface area contributed by atoms with Gasteiger partial charge in [-0.1, -0.05) is 12.1 Å². The Balaban J connectivity index is 1.62. The number of hydrogen-bond acceptors (Lipinski definition) is 4. The van der Waals surface area contributed by atoms with E-state index in [9.17, 15) is 0 Å². The van der Waals surface area contributed by atoms with Crippen molar-refractivity contribution < 1.29 is 4.74 Å².